The molecule has 7 heteroatoms. The smallest absolute Gasteiger partial charge is 0.234 e. The Hall–Kier alpha value is -2.83. The van der Waals surface area contributed by atoms with E-state index in [0.29, 0.717) is 23.2 Å². The molecule has 1 aliphatic rings. The topological polar surface area (TPSA) is 78.0 Å². The normalized spacial score (nSPS) is 15.5. The molecule has 0 radical (unpaired) electrons. The van der Waals surface area contributed by atoms with Crippen LogP contribution in [-0.2, 0) is 0 Å². The molecule has 110 valence electrons. The van der Waals surface area contributed by atoms with Crippen LogP contribution in [0.2, 0.25) is 0 Å². The van der Waals surface area contributed by atoms with Crippen LogP contribution in [0.15, 0.2) is 36.9 Å². The van der Waals surface area contributed by atoms with Crippen LogP contribution in [0.4, 0.5) is 0 Å². The maximum atomic E-state index is 12.3. The molecule has 0 aromatic carbocycles. The van der Waals surface area contributed by atoms with Crippen molar-refractivity contribution < 1.29 is 4.79 Å². The predicted octanol–water partition coefficient (Wildman–Crippen LogP) is 1.94. The Balaban J connectivity index is 1.54. The number of carbonyl (C=O) groups excluding carboxylic acids is 1. The Morgan fingerprint density at radius 3 is 3.05 bits per heavy atom. The van der Waals surface area contributed by atoms with E-state index in [1.54, 1.807) is 28.9 Å². The molecular weight excluding hydrogens is 280 g/mol. The van der Waals surface area contributed by atoms with Crippen molar-refractivity contribution in [2.45, 2.75) is 25.3 Å². The summed E-state index contributed by atoms with van der Waals surface area (Å²) in [7, 11) is 0. The van der Waals surface area contributed by atoms with E-state index in [1.807, 2.05) is 10.9 Å². The van der Waals surface area contributed by atoms with Crippen molar-refractivity contribution >= 4 is 17.6 Å². The number of nitrogens with zero attached hydrogens (tertiary/aromatic N) is 6. The summed E-state index contributed by atoms with van der Waals surface area (Å²) in [5.41, 5.74) is 1.16. The van der Waals surface area contributed by atoms with E-state index in [1.165, 1.54) is 18.7 Å². The lowest BCUT2D eigenvalue weighted by molar-refractivity contribution is 0.104. The van der Waals surface area contributed by atoms with Crippen LogP contribution in [0.1, 0.15) is 41.5 Å². The third-order valence-electron chi connectivity index (χ3n) is 3.92. The van der Waals surface area contributed by atoms with Gasteiger partial charge < -0.3 is 0 Å². The summed E-state index contributed by atoms with van der Waals surface area (Å²) in [5, 5.41) is 8.18. The van der Waals surface area contributed by atoms with Gasteiger partial charge in [0.25, 0.3) is 0 Å². The molecule has 1 fully saturated rings. The lowest BCUT2D eigenvalue weighted by atomic mass is 9.93. The average Bonchev–Trinajstić information content (AvgIpc) is 3.10. The molecule has 0 saturated heterocycles. The molecule has 4 rings (SSSR count). The number of hydrogen-bond donors (Lipinski definition) is 0. The fraction of sp³-hybridized carbons (Fsp3) is 0.267. The van der Waals surface area contributed by atoms with Crippen LogP contribution in [0, 0.1) is 0 Å². The Morgan fingerprint density at radius 1 is 1.32 bits per heavy atom. The zero-order valence-electron chi connectivity index (χ0n) is 11.8. The Kier molecular flexibility index (Phi) is 3.03. The number of fused-ring (bicyclic) bond motifs is 1. The number of aromatic nitrogens is 6. The minimum atomic E-state index is -0.140. The largest absolute Gasteiger partial charge is 0.288 e. The van der Waals surface area contributed by atoms with Crippen molar-refractivity contribution in [2.75, 3.05) is 0 Å². The molecular formula is C15H14N6O. The quantitative estimate of drug-likeness (QED) is 0.543. The molecule has 0 unspecified atom stereocenters. The monoisotopic (exact) mass is 294 g/mol. The minimum absolute atomic E-state index is 0.140. The highest BCUT2D eigenvalue weighted by Crippen LogP contribution is 2.30. The van der Waals surface area contributed by atoms with Gasteiger partial charge in [-0.2, -0.15) is 0 Å². The number of allylic oxidation sites excluding steroid dienone is 1. The lowest BCUT2D eigenvalue weighted by Gasteiger charge is -2.24. The van der Waals surface area contributed by atoms with Gasteiger partial charge in [0.15, 0.2) is 0 Å². The van der Waals surface area contributed by atoms with Crippen LogP contribution in [-0.4, -0.2) is 35.1 Å². The molecule has 3 aromatic heterocycles. The number of ketones is 1. The second-order valence-corrected chi connectivity index (χ2v) is 5.34. The lowest BCUT2D eigenvalue weighted by Crippen LogP contribution is -2.17. The molecule has 0 atom stereocenters. The first kappa shape index (κ1) is 12.9. The van der Waals surface area contributed by atoms with Gasteiger partial charge in [-0.3, -0.25) is 9.20 Å². The van der Waals surface area contributed by atoms with Crippen molar-refractivity contribution in [3.8, 4) is 0 Å². The SMILES string of the molecule is O=C(/C=C/c1cn(C2CCC2)nn1)c1cnc2ncccn12. The maximum absolute atomic E-state index is 12.3. The molecule has 3 aromatic rings. The van der Waals surface area contributed by atoms with Crippen LogP contribution in [0.25, 0.3) is 11.9 Å². The molecule has 7 nitrogen and oxygen atoms in total. The molecule has 0 bridgehead atoms. The summed E-state index contributed by atoms with van der Waals surface area (Å²) in [5.74, 6) is 0.369. The summed E-state index contributed by atoms with van der Waals surface area (Å²) < 4.78 is 3.55. The summed E-state index contributed by atoms with van der Waals surface area (Å²) in [6.07, 6.45) is 13.5. The number of hydrogen-bond acceptors (Lipinski definition) is 5. The van der Waals surface area contributed by atoms with Crippen molar-refractivity contribution in [1.29, 1.82) is 0 Å². The van der Waals surface area contributed by atoms with Gasteiger partial charge >= 0.3 is 0 Å². The van der Waals surface area contributed by atoms with Gasteiger partial charge in [0.2, 0.25) is 11.6 Å². The molecule has 0 aliphatic heterocycles. The first-order valence-corrected chi connectivity index (χ1v) is 7.23. The van der Waals surface area contributed by atoms with E-state index in [2.05, 4.69) is 20.3 Å². The fourth-order valence-electron chi connectivity index (χ4n) is 2.45. The number of carbonyl (C=O) groups is 1. The Morgan fingerprint density at radius 2 is 2.23 bits per heavy atom. The minimum Gasteiger partial charge on any atom is -0.288 e. The third kappa shape index (κ3) is 2.20. The van der Waals surface area contributed by atoms with Crippen LogP contribution in [0.5, 0.6) is 0 Å². The predicted molar refractivity (Wildman–Crippen MR) is 79.3 cm³/mol. The average molecular weight is 294 g/mol. The summed E-state index contributed by atoms with van der Waals surface area (Å²) in [4.78, 5) is 20.5. The second-order valence-electron chi connectivity index (χ2n) is 5.34. The van der Waals surface area contributed by atoms with Crippen molar-refractivity contribution in [1.82, 2.24) is 29.4 Å². The van der Waals surface area contributed by atoms with Crippen LogP contribution < -0.4 is 0 Å². The van der Waals surface area contributed by atoms with Gasteiger partial charge in [-0.05, 0) is 37.5 Å². The molecule has 22 heavy (non-hydrogen) atoms. The number of imidazole rings is 1. The van der Waals surface area contributed by atoms with Gasteiger partial charge in [-0.1, -0.05) is 5.21 Å². The molecule has 0 spiro atoms. The maximum Gasteiger partial charge on any atom is 0.234 e. The van der Waals surface area contributed by atoms with E-state index in [0.717, 1.165) is 12.8 Å². The summed E-state index contributed by atoms with van der Waals surface area (Å²) >= 11 is 0. The Bertz CT molecular complexity index is 858. The Labute approximate surface area is 126 Å². The van der Waals surface area contributed by atoms with E-state index >= 15 is 0 Å². The third-order valence-corrected chi connectivity index (χ3v) is 3.92. The van der Waals surface area contributed by atoms with Crippen molar-refractivity contribution in [3.63, 3.8) is 0 Å². The molecule has 1 saturated carbocycles. The molecule has 3 heterocycles. The molecule has 0 N–H and O–H groups in total. The first-order valence-electron chi connectivity index (χ1n) is 7.23. The highest BCUT2D eigenvalue weighted by Gasteiger charge is 2.20. The van der Waals surface area contributed by atoms with E-state index in [-0.39, 0.29) is 5.78 Å². The first-order chi connectivity index (χ1) is 10.8. The van der Waals surface area contributed by atoms with Crippen molar-refractivity contribution in [3.05, 3.63) is 48.3 Å². The van der Waals surface area contributed by atoms with E-state index < -0.39 is 0 Å². The molecule has 0 amide bonds. The van der Waals surface area contributed by atoms with Gasteiger partial charge in [0, 0.05) is 12.4 Å². The zero-order chi connectivity index (χ0) is 14.9. The van der Waals surface area contributed by atoms with Crippen LogP contribution >= 0.6 is 0 Å². The van der Waals surface area contributed by atoms with Gasteiger partial charge in [0.1, 0.15) is 11.4 Å². The summed E-state index contributed by atoms with van der Waals surface area (Å²) in [6.45, 7) is 0. The molecule has 1 aliphatic carbocycles. The van der Waals surface area contributed by atoms with Gasteiger partial charge in [0.05, 0.1) is 18.4 Å². The van der Waals surface area contributed by atoms with Gasteiger partial charge in [-0.25, -0.2) is 14.6 Å². The summed E-state index contributed by atoms with van der Waals surface area (Å²) in [6, 6.07) is 2.23. The fourth-order valence-corrected chi connectivity index (χ4v) is 2.45. The highest BCUT2D eigenvalue weighted by molar-refractivity contribution is 6.05. The van der Waals surface area contributed by atoms with E-state index in [4.69, 9.17) is 0 Å². The number of rotatable bonds is 4. The van der Waals surface area contributed by atoms with Gasteiger partial charge in [-0.15, -0.1) is 5.10 Å². The standard InChI is InChI=1S/C15H14N6O/c22-14(13-9-17-15-16-7-2-8-20(13)15)6-5-11-10-21(19-18-11)12-3-1-4-12/h2,5-10,12H,1,3-4H2/b6-5+. The van der Waals surface area contributed by atoms with Crippen molar-refractivity contribution in [2.24, 2.45) is 0 Å². The van der Waals surface area contributed by atoms with Crippen LogP contribution in [0.3, 0.4) is 0 Å². The van der Waals surface area contributed by atoms with E-state index in [9.17, 15) is 4.79 Å². The zero-order valence-corrected chi connectivity index (χ0v) is 11.8. The second kappa shape index (κ2) is 5.18. The highest BCUT2D eigenvalue weighted by atomic mass is 16.1.